The Hall–Kier alpha value is -1.98. The molecule has 6 heteroatoms. The van der Waals surface area contributed by atoms with Crippen molar-refractivity contribution < 1.29 is 4.79 Å². The zero-order chi connectivity index (χ0) is 15.5. The van der Waals surface area contributed by atoms with E-state index in [1.807, 2.05) is 43.3 Å². The summed E-state index contributed by atoms with van der Waals surface area (Å²) in [5, 5.41) is 4.24. The van der Waals surface area contributed by atoms with Gasteiger partial charge in [0.15, 0.2) is 5.16 Å². The summed E-state index contributed by atoms with van der Waals surface area (Å²) < 4.78 is 0. The average Bonchev–Trinajstić information content (AvgIpc) is 2.87. The van der Waals surface area contributed by atoms with E-state index in [2.05, 4.69) is 15.3 Å². The molecule has 3 rings (SSSR count). The number of anilines is 1. The van der Waals surface area contributed by atoms with Gasteiger partial charge in [0.05, 0.1) is 16.8 Å². The minimum absolute atomic E-state index is 0.0610. The lowest BCUT2D eigenvalue weighted by Crippen LogP contribution is -2.14. The van der Waals surface area contributed by atoms with Gasteiger partial charge in [0.2, 0.25) is 5.91 Å². The van der Waals surface area contributed by atoms with Gasteiger partial charge in [0.25, 0.3) is 0 Å². The van der Waals surface area contributed by atoms with Crippen molar-refractivity contribution in [2.75, 3.05) is 11.1 Å². The molecule has 0 aliphatic heterocycles. The minimum atomic E-state index is -0.0610. The second-order valence-electron chi connectivity index (χ2n) is 4.91. The van der Waals surface area contributed by atoms with Crippen LogP contribution in [0.5, 0.6) is 0 Å². The molecule has 22 heavy (non-hydrogen) atoms. The molecular formula is C16H14ClN3OS. The monoisotopic (exact) mass is 331 g/mol. The van der Waals surface area contributed by atoms with Gasteiger partial charge < -0.3 is 10.3 Å². The topological polar surface area (TPSA) is 57.8 Å². The molecule has 0 unspecified atom stereocenters. The normalized spacial score (nSPS) is 10.8. The molecule has 0 fully saturated rings. The zero-order valence-electron chi connectivity index (χ0n) is 11.9. The number of nitrogens with zero attached hydrogens (tertiary/aromatic N) is 1. The van der Waals surface area contributed by atoms with Crippen LogP contribution in [0.3, 0.4) is 0 Å². The molecule has 1 aromatic heterocycles. The summed E-state index contributed by atoms with van der Waals surface area (Å²) in [5.41, 5.74) is 3.63. The maximum Gasteiger partial charge on any atom is 0.234 e. The highest BCUT2D eigenvalue weighted by atomic mass is 35.5. The van der Waals surface area contributed by atoms with Gasteiger partial charge in [-0.15, -0.1) is 0 Å². The van der Waals surface area contributed by atoms with E-state index in [0.29, 0.717) is 15.9 Å². The second-order valence-corrected chi connectivity index (χ2v) is 6.31. The van der Waals surface area contributed by atoms with Crippen LogP contribution in [0.2, 0.25) is 5.02 Å². The highest BCUT2D eigenvalue weighted by Gasteiger charge is 2.08. The Morgan fingerprint density at radius 3 is 3.00 bits per heavy atom. The molecule has 0 saturated heterocycles. The third kappa shape index (κ3) is 3.61. The highest BCUT2D eigenvalue weighted by Crippen LogP contribution is 2.22. The molecule has 0 atom stereocenters. The Kier molecular flexibility index (Phi) is 4.36. The molecule has 0 saturated carbocycles. The smallest absolute Gasteiger partial charge is 0.234 e. The summed E-state index contributed by atoms with van der Waals surface area (Å²) >= 11 is 7.30. The quantitative estimate of drug-likeness (QED) is 0.702. The molecule has 112 valence electrons. The largest absolute Gasteiger partial charge is 0.333 e. The van der Waals surface area contributed by atoms with Crippen molar-refractivity contribution in [3.63, 3.8) is 0 Å². The van der Waals surface area contributed by atoms with E-state index >= 15 is 0 Å². The average molecular weight is 332 g/mol. The summed E-state index contributed by atoms with van der Waals surface area (Å²) in [6.45, 7) is 1.99. The summed E-state index contributed by atoms with van der Waals surface area (Å²) in [6.07, 6.45) is 0. The van der Waals surface area contributed by atoms with Gasteiger partial charge in [-0.3, -0.25) is 4.79 Å². The van der Waals surface area contributed by atoms with Gasteiger partial charge in [-0.2, -0.15) is 0 Å². The molecule has 1 heterocycles. The number of rotatable bonds is 4. The number of H-pyrrole nitrogens is 1. The summed E-state index contributed by atoms with van der Waals surface area (Å²) in [4.78, 5) is 19.5. The standard InChI is InChI=1S/C16H14ClN3OS/c1-10-3-2-4-12(7-10)18-15(21)9-22-16-19-13-6-5-11(17)8-14(13)20-16/h2-8H,9H2,1H3,(H,18,21)(H,19,20). The molecule has 3 aromatic rings. The van der Waals surface area contributed by atoms with Crippen molar-refractivity contribution in [2.45, 2.75) is 12.1 Å². The van der Waals surface area contributed by atoms with E-state index in [1.54, 1.807) is 6.07 Å². The number of carbonyl (C=O) groups excluding carboxylic acids is 1. The number of halogens is 1. The van der Waals surface area contributed by atoms with E-state index in [9.17, 15) is 4.79 Å². The first-order valence-corrected chi connectivity index (χ1v) is 8.11. The maximum atomic E-state index is 12.0. The first-order chi connectivity index (χ1) is 10.6. The van der Waals surface area contributed by atoms with Crippen LogP contribution in [0.15, 0.2) is 47.6 Å². The number of thioether (sulfide) groups is 1. The second kappa shape index (κ2) is 6.42. The number of hydrogen-bond acceptors (Lipinski definition) is 3. The molecule has 0 spiro atoms. The Labute approximate surface area is 137 Å². The Balaban J connectivity index is 1.62. The lowest BCUT2D eigenvalue weighted by Gasteiger charge is -2.04. The van der Waals surface area contributed by atoms with E-state index in [0.717, 1.165) is 22.3 Å². The zero-order valence-corrected chi connectivity index (χ0v) is 13.5. The Morgan fingerprint density at radius 1 is 1.32 bits per heavy atom. The van der Waals surface area contributed by atoms with Crippen molar-refractivity contribution >= 4 is 46.0 Å². The predicted octanol–water partition coefficient (Wildman–Crippen LogP) is 4.26. The van der Waals surface area contributed by atoms with Gasteiger partial charge >= 0.3 is 0 Å². The van der Waals surface area contributed by atoms with Crippen LogP contribution in [0.1, 0.15) is 5.56 Å². The number of amides is 1. The van der Waals surface area contributed by atoms with Crippen LogP contribution in [-0.2, 0) is 4.79 Å². The van der Waals surface area contributed by atoms with Crippen LogP contribution in [-0.4, -0.2) is 21.6 Å². The molecule has 0 radical (unpaired) electrons. The van der Waals surface area contributed by atoms with Crippen molar-refractivity contribution in [1.82, 2.24) is 9.97 Å². The van der Waals surface area contributed by atoms with E-state index in [4.69, 9.17) is 11.6 Å². The van der Waals surface area contributed by atoms with Crippen LogP contribution >= 0.6 is 23.4 Å². The van der Waals surface area contributed by atoms with Gasteiger partial charge in [0, 0.05) is 10.7 Å². The highest BCUT2D eigenvalue weighted by molar-refractivity contribution is 7.99. The number of aromatic amines is 1. The number of benzene rings is 2. The van der Waals surface area contributed by atoms with Crippen LogP contribution in [0.25, 0.3) is 11.0 Å². The molecule has 0 aliphatic rings. The SMILES string of the molecule is Cc1cccc(NC(=O)CSc2nc3ccc(Cl)cc3[nH]2)c1. The van der Waals surface area contributed by atoms with Crippen molar-refractivity contribution in [2.24, 2.45) is 0 Å². The van der Waals surface area contributed by atoms with Crippen LogP contribution in [0.4, 0.5) is 5.69 Å². The summed E-state index contributed by atoms with van der Waals surface area (Å²) in [7, 11) is 0. The number of hydrogen-bond donors (Lipinski definition) is 2. The maximum absolute atomic E-state index is 12.0. The van der Waals surface area contributed by atoms with Crippen LogP contribution in [0, 0.1) is 6.92 Å². The molecular weight excluding hydrogens is 318 g/mol. The number of aryl methyl sites for hydroxylation is 1. The fourth-order valence-corrected chi connectivity index (χ4v) is 2.94. The van der Waals surface area contributed by atoms with E-state index in [1.165, 1.54) is 11.8 Å². The van der Waals surface area contributed by atoms with Gasteiger partial charge in [-0.05, 0) is 42.8 Å². The Bertz CT molecular complexity index is 831. The molecule has 2 N–H and O–H groups in total. The lowest BCUT2D eigenvalue weighted by molar-refractivity contribution is -0.113. The summed E-state index contributed by atoms with van der Waals surface area (Å²) in [5.74, 6) is 0.232. The van der Waals surface area contributed by atoms with E-state index in [-0.39, 0.29) is 5.91 Å². The molecule has 4 nitrogen and oxygen atoms in total. The first-order valence-electron chi connectivity index (χ1n) is 6.75. The number of carbonyl (C=O) groups is 1. The third-order valence-corrected chi connectivity index (χ3v) is 4.17. The minimum Gasteiger partial charge on any atom is -0.333 e. The molecule has 1 amide bonds. The van der Waals surface area contributed by atoms with E-state index < -0.39 is 0 Å². The molecule has 0 aliphatic carbocycles. The van der Waals surface area contributed by atoms with Gasteiger partial charge in [0.1, 0.15) is 0 Å². The van der Waals surface area contributed by atoms with Crippen LogP contribution < -0.4 is 5.32 Å². The van der Waals surface area contributed by atoms with Gasteiger partial charge in [-0.1, -0.05) is 35.5 Å². The number of aromatic nitrogens is 2. The summed E-state index contributed by atoms with van der Waals surface area (Å²) in [6, 6.07) is 13.2. The van der Waals surface area contributed by atoms with Crippen molar-refractivity contribution in [1.29, 1.82) is 0 Å². The number of nitrogens with one attached hydrogen (secondary N) is 2. The van der Waals surface area contributed by atoms with Crippen molar-refractivity contribution in [3.8, 4) is 0 Å². The molecule has 2 aromatic carbocycles. The van der Waals surface area contributed by atoms with Gasteiger partial charge in [-0.25, -0.2) is 4.98 Å². The predicted molar refractivity (Wildman–Crippen MR) is 91.6 cm³/mol. The number of imidazole rings is 1. The fraction of sp³-hybridized carbons (Fsp3) is 0.125. The molecule has 0 bridgehead atoms. The van der Waals surface area contributed by atoms with Crippen molar-refractivity contribution in [3.05, 3.63) is 53.1 Å². The Morgan fingerprint density at radius 2 is 2.18 bits per heavy atom. The fourth-order valence-electron chi connectivity index (χ4n) is 2.08. The first kappa shape index (κ1) is 14.9. The third-order valence-electron chi connectivity index (χ3n) is 3.06. The lowest BCUT2D eigenvalue weighted by atomic mass is 10.2. The number of fused-ring (bicyclic) bond motifs is 1.